The van der Waals surface area contributed by atoms with E-state index < -0.39 is 0 Å². The molecule has 0 bridgehead atoms. The van der Waals surface area contributed by atoms with Gasteiger partial charge in [-0.3, -0.25) is 4.79 Å². The number of carbonyl (C=O) groups excluding carboxylic acids is 1. The van der Waals surface area contributed by atoms with Crippen molar-refractivity contribution in [3.8, 4) is 0 Å². The van der Waals surface area contributed by atoms with Crippen molar-refractivity contribution in [1.82, 2.24) is 4.90 Å². The molecule has 92 valence electrons. The van der Waals surface area contributed by atoms with Crippen LogP contribution in [-0.2, 0) is 14.3 Å². The van der Waals surface area contributed by atoms with Gasteiger partial charge in [-0.25, -0.2) is 0 Å². The van der Waals surface area contributed by atoms with E-state index in [2.05, 4.69) is 0 Å². The Labute approximate surface area is 101 Å². The Balaban J connectivity index is 1.73. The van der Waals surface area contributed by atoms with E-state index in [0.29, 0.717) is 6.54 Å². The molecule has 2 saturated heterocycles. The maximum absolute atomic E-state index is 11.4. The van der Waals surface area contributed by atoms with E-state index in [-0.39, 0.29) is 24.2 Å². The number of likely N-dealkylation sites (tertiary alicyclic amines) is 1. The van der Waals surface area contributed by atoms with Gasteiger partial charge in [0.2, 0.25) is 5.91 Å². The van der Waals surface area contributed by atoms with Gasteiger partial charge in [0.15, 0.2) is 6.29 Å². The van der Waals surface area contributed by atoms with Crippen molar-refractivity contribution in [3.63, 3.8) is 0 Å². The molecule has 0 aromatic carbocycles. The molecule has 0 aromatic heterocycles. The highest BCUT2D eigenvalue weighted by Gasteiger charge is 2.29. The topological polar surface area (TPSA) is 38.8 Å². The second-order valence-electron chi connectivity index (χ2n) is 4.32. The average molecular weight is 248 g/mol. The minimum Gasteiger partial charge on any atom is -0.353 e. The molecule has 0 saturated carbocycles. The zero-order valence-electron chi connectivity index (χ0n) is 9.36. The fourth-order valence-corrected chi connectivity index (χ4v) is 2.35. The number of amides is 1. The van der Waals surface area contributed by atoms with Crippen LogP contribution in [0, 0.1) is 0 Å². The number of nitrogens with zero attached hydrogens (tertiary/aromatic N) is 1. The second kappa shape index (κ2) is 5.84. The zero-order valence-corrected chi connectivity index (χ0v) is 10.1. The van der Waals surface area contributed by atoms with Crippen molar-refractivity contribution in [3.05, 3.63) is 0 Å². The first-order chi connectivity index (χ1) is 7.79. The quantitative estimate of drug-likeness (QED) is 0.707. The van der Waals surface area contributed by atoms with Crippen LogP contribution >= 0.6 is 11.6 Å². The van der Waals surface area contributed by atoms with E-state index in [4.69, 9.17) is 21.1 Å². The van der Waals surface area contributed by atoms with Crippen molar-refractivity contribution in [2.24, 2.45) is 0 Å². The van der Waals surface area contributed by atoms with E-state index in [0.717, 1.165) is 32.4 Å². The lowest BCUT2D eigenvalue weighted by Gasteiger charge is -2.25. The van der Waals surface area contributed by atoms with E-state index >= 15 is 0 Å². The molecule has 2 fully saturated rings. The number of halogens is 1. The van der Waals surface area contributed by atoms with Gasteiger partial charge in [0.25, 0.3) is 0 Å². The lowest BCUT2D eigenvalue weighted by atomic mass is 10.2. The summed E-state index contributed by atoms with van der Waals surface area (Å²) in [6.07, 6.45) is 4.21. The summed E-state index contributed by atoms with van der Waals surface area (Å²) in [6, 6.07) is 0. The normalized spacial score (nSPS) is 30.7. The van der Waals surface area contributed by atoms with Crippen molar-refractivity contribution >= 4 is 17.5 Å². The molecule has 2 rings (SSSR count). The molecule has 1 unspecified atom stereocenters. The van der Waals surface area contributed by atoms with Crippen molar-refractivity contribution in [1.29, 1.82) is 0 Å². The average Bonchev–Trinajstić information content (AvgIpc) is 2.78. The summed E-state index contributed by atoms with van der Waals surface area (Å²) in [7, 11) is 0. The number of ether oxygens (including phenoxy) is 2. The van der Waals surface area contributed by atoms with Gasteiger partial charge in [0.05, 0.1) is 6.10 Å². The van der Waals surface area contributed by atoms with Crippen LogP contribution in [0.3, 0.4) is 0 Å². The van der Waals surface area contributed by atoms with Crippen molar-refractivity contribution in [2.45, 2.75) is 38.1 Å². The van der Waals surface area contributed by atoms with Crippen LogP contribution in [0.5, 0.6) is 0 Å². The maximum Gasteiger partial charge on any atom is 0.237 e. The third-order valence-corrected chi connectivity index (χ3v) is 3.32. The van der Waals surface area contributed by atoms with Crippen molar-refractivity contribution in [2.75, 3.05) is 25.6 Å². The van der Waals surface area contributed by atoms with Crippen LogP contribution in [-0.4, -0.2) is 48.8 Å². The van der Waals surface area contributed by atoms with E-state index in [1.165, 1.54) is 6.42 Å². The Morgan fingerprint density at radius 3 is 3.00 bits per heavy atom. The van der Waals surface area contributed by atoms with Gasteiger partial charge >= 0.3 is 0 Å². The fraction of sp³-hybridized carbons (Fsp3) is 0.909. The number of carbonyl (C=O) groups is 1. The van der Waals surface area contributed by atoms with E-state index in [1.807, 2.05) is 0 Å². The molecule has 0 N–H and O–H groups in total. The summed E-state index contributed by atoms with van der Waals surface area (Å²) in [5, 5.41) is 0. The molecule has 2 aliphatic rings. The largest absolute Gasteiger partial charge is 0.353 e. The number of rotatable bonds is 3. The summed E-state index contributed by atoms with van der Waals surface area (Å²) >= 11 is 5.51. The highest BCUT2D eigenvalue weighted by molar-refractivity contribution is 6.27. The van der Waals surface area contributed by atoms with Crippen molar-refractivity contribution < 1.29 is 14.3 Å². The van der Waals surface area contributed by atoms with Crippen LogP contribution < -0.4 is 0 Å². The van der Waals surface area contributed by atoms with Crippen LogP contribution in [0.4, 0.5) is 0 Å². The summed E-state index contributed by atoms with van der Waals surface area (Å²) in [5.41, 5.74) is 0. The summed E-state index contributed by atoms with van der Waals surface area (Å²) in [4.78, 5) is 13.1. The van der Waals surface area contributed by atoms with Gasteiger partial charge in [-0.2, -0.15) is 0 Å². The van der Waals surface area contributed by atoms with Gasteiger partial charge in [0, 0.05) is 19.7 Å². The monoisotopic (exact) mass is 247 g/mol. The lowest BCUT2D eigenvalue weighted by Crippen LogP contribution is -2.33. The smallest absolute Gasteiger partial charge is 0.237 e. The summed E-state index contributed by atoms with van der Waals surface area (Å²) in [6.45, 7) is 2.20. The minimum absolute atomic E-state index is 0.00247. The molecule has 2 aliphatic heterocycles. The predicted molar refractivity (Wildman–Crippen MR) is 60.4 cm³/mol. The van der Waals surface area contributed by atoms with Crippen LogP contribution in [0.2, 0.25) is 0 Å². The molecule has 0 spiro atoms. The molecule has 5 heteroatoms. The van der Waals surface area contributed by atoms with Gasteiger partial charge in [0.1, 0.15) is 5.88 Å². The Bertz CT molecular complexity index is 243. The van der Waals surface area contributed by atoms with E-state index in [1.54, 1.807) is 4.90 Å². The van der Waals surface area contributed by atoms with E-state index in [9.17, 15) is 4.79 Å². The number of hydrogen-bond donors (Lipinski definition) is 0. The summed E-state index contributed by atoms with van der Waals surface area (Å²) < 4.78 is 11.3. The second-order valence-corrected chi connectivity index (χ2v) is 4.58. The van der Waals surface area contributed by atoms with Gasteiger partial charge in [-0.1, -0.05) is 0 Å². The molecule has 4 nitrogen and oxygen atoms in total. The molecular weight excluding hydrogens is 230 g/mol. The van der Waals surface area contributed by atoms with Crippen LogP contribution in [0.15, 0.2) is 0 Å². The Morgan fingerprint density at radius 1 is 1.44 bits per heavy atom. The molecule has 2 atom stereocenters. The molecule has 0 aliphatic carbocycles. The fourth-order valence-electron chi connectivity index (χ4n) is 2.18. The maximum atomic E-state index is 11.4. The highest BCUT2D eigenvalue weighted by Crippen LogP contribution is 2.20. The van der Waals surface area contributed by atoms with Gasteiger partial charge < -0.3 is 14.4 Å². The lowest BCUT2D eigenvalue weighted by molar-refractivity contribution is -0.185. The molecule has 2 heterocycles. The Kier molecular flexibility index (Phi) is 4.44. The molecule has 1 amide bonds. The first-order valence-electron chi connectivity index (χ1n) is 5.90. The highest BCUT2D eigenvalue weighted by atomic mass is 35.5. The summed E-state index contributed by atoms with van der Waals surface area (Å²) in [5.74, 6) is 0.0597. The molecule has 16 heavy (non-hydrogen) atoms. The molecular formula is C11H18ClNO3. The SMILES string of the molecule is O=C(CCl)N1CC[C@@H](OC2CCCCO2)C1. The molecule has 0 aromatic rings. The Morgan fingerprint density at radius 2 is 2.31 bits per heavy atom. The third-order valence-electron chi connectivity index (χ3n) is 3.09. The van der Waals surface area contributed by atoms with Crippen LogP contribution in [0.1, 0.15) is 25.7 Å². The third kappa shape index (κ3) is 3.09. The Hall–Kier alpha value is -0.320. The number of hydrogen-bond acceptors (Lipinski definition) is 3. The number of alkyl halides is 1. The van der Waals surface area contributed by atoms with Gasteiger partial charge in [-0.15, -0.1) is 11.6 Å². The minimum atomic E-state index is -0.0650. The predicted octanol–water partition coefficient (Wildman–Crippen LogP) is 1.37. The van der Waals surface area contributed by atoms with Crippen LogP contribution in [0.25, 0.3) is 0 Å². The molecule has 0 radical (unpaired) electrons. The standard InChI is InChI=1S/C11H18ClNO3/c12-7-10(14)13-5-4-9(8-13)16-11-3-1-2-6-15-11/h9,11H,1-8H2/t9-,11?/m1/s1. The first-order valence-corrected chi connectivity index (χ1v) is 6.44. The van der Waals surface area contributed by atoms with Gasteiger partial charge in [-0.05, 0) is 25.7 Å². The first kappa shape index (κ1) is 12.1. The zero-order chi connectivity index (χ0) is 11.4.